The number of rotatable bonds is 1. The third kappa shape index (κ3) is 3.86. The quantitative estimate of drug-likeness (QED) is 0.696. The molecule has 0 radical (unpaired) electrons. The van der Waals surface area contributed by atoms with E-state index in [4.69, 9.17) is 16.0 Å². The molecule has 0 aliphatic carbocycles. The Bertz CT molecular complexity index is 549. The fourth-order valence-corrected chi connectivity index (χ4v) is 1.63. The molecule has 1 aromatic carbocycles. The molecule has 0 aliphatic heterocycles. The van der Waals surface area contributed by atoms with Gasteiger partial charge in [0.25, 0.3) is 0 Å². The van der Waals surface area contributed by atoms with Crippen molar-refractivity contribution in [2.45, 2.75) is 39.8 Å². The molecule has 0 amide bonds. The van der Waals surface area contributed by atoms with E-state index >= 15 is 0 Å². The molecule has 0 aliphatic rings. The molecule has 0 saturated carbocycles. The van der Waals surface area contributed by atoms with E-state index in [0.717, 1.165) is 12.1 Å². The van der Waals surface area contributed by atoms with Crippen LogP contribution in [0.5, 0.6) is 0 Å². The maximum Gasteiger partial charge on any atom is 0.417 e. The van der Waals surface area contributed by atoms with Gasteiger partial charge in [-0.3, -0.25) is 0 Å². The predicted octanol–water partition coefficient (Wildman–Crippen LogP) is 5.48. The van der Waals surface area contributed by atoms with E-state index in [0.29, 0.717) is 12.3 Å². The zero-order valence-corrected chi connectivity index (χ0v) is 11.7. The summed E-state index contributed by atoms with van der Waals surface area (Å²) in [5.74, 6) is 0.394. The van der Waals surface area contributed by atoms with Crippen LogP contribution in [0, 0.1) is 0 Å². The van der Waals surface area contributed by atoms with Gasteiger partial charge in [0.15, 0.2) is 11.5 Å². The highest BCUT2D eigenvalue weighted by molar-refractivity contribution is 6.32. The van der Waals surface area contributed by atoms with Gasteiger partial charge in [0, 0.05) is 12.5 Å². The Kier molecular flexibility index (Phi) is 5.23. The van der Waals surface area contributed by atoms with Gasteiger partial charge in [-0.25, -0.2) is 4.98 Å². The van der Waals surface area contributed by atoms with Gasteiger partial charge < -0.3 is 4.42 Å². The molecule has 1 aromatic heterocycles. The van der Waals surface area contributed by atoms with Gasteiger partial charge in [-0.15, -0.1) is 0 Å². The molecule has 106 valence electrons. The lowest BCUT2D eigenvalue weighted by molar-refractivity contribution is -0.137. The lowest BCUT2D eigenvalue weighted by atomic mass is 10.2. The van der Waals surface area contributed by atoms with E-state index in [2.05, 4.69) is 18.8 Å². The fourth-order valence-electron chi connectivity index (χ4n) is 1.37. The second-order valence-electron chi connectivity index (χ2n) is 3.97. The monoisotopic (exact) mass is 293 g/mol. The van der Waals surface area contributed by atoms with E-state index in [1.807, 2.05) is 0 Å². The van der Waals surface area contributed by atoms with Crippen LogP contribution in [0.2, 0.25) is 5.02 Å². The highest BCUT2D eigenvalue weighted by Gasteiger charge is 2.34. The van der Waals surface area contributed by atoms with Crippen molar-refractivity contribution in [3.05, 3.63) is 28.6 Å². The second kappa shape index (κ2) is 6.28. The molecule has 0 atom stereocenters. The molecule has 1 heterocycles. The van der Waals surface area contributed by atoms with Gasteiger partial charge >= 0.3 is 6.18 Å². The molecule has 0 unspecified atom stereocenters. The molecule has 0 spiro atoms. The molecule has 0 bridgehead atoms. The summed E-state index contributed by atoms with van der Waals surface area (Å²) in [6.07, 6.45) is -2.70. The summed E-state index contributed by atoms with van der Waals surface area (Å²) >= 11 is 5.53. The Morgan fingerprint density at radius 3 is 2.26 bits per heavy atom. The number of hydrogen-bond donors (Lipinski definition) is 0. The maximum atomic E-state index is 12.5. The SMILES string of the molecule is CCC.CCc1nc2cc(C(F)(F)F)c(Cl)cc2o1. The number of halogens is 4. The maximum absolute atomic E-state index is 12.5. The molecule has 0 fully saturated rings. The number of alkyl halides is 3. The number of fused-ring (bicyclic) bond motifs is 1. The van der Waals surface area contributed by atoms with Crippen LogP contribution in [0.3, 0.4) is 0 Å². The molecule has 19 heavy (non-hydrogen) atoms. The smallest absolute Gasteiger partial charge is 0.417 e. The van der Waals surface area contributed by atoms with Gasteiger partial charge in [0.2, 0.25) is 0 Å². The van der Waals surface area contributed by atoms with Crippen molar-refractivity contribution in [1.29, 1.82) is 0 Å². The van der Waals surface area contributed by atoms with Crippen molar-refractivity contribution in [3.63, 3.8) is 0 Å². The van der Waals surface area contributed by atoms with Gasteiger partial charge in [-0.1, -0.05) is 38.8 Å². The Morgan fingerprint density at radius 1 is 1.21 bits per heavy atom. The minimum atomic E-state index is -4.48. The van der Waals surface area contributed by atoms with Crippen LogP contribution in [0.15, 0.2) is 16.5 Å². The number of aryl methyl sites for hydroxylation is 1. The first-order valence-corrected chi connectivity index (χ1v) is 6.37. The Morgan fingerprint density at radius 2 is 1.79 bits per heavy atom. The summed E-state index contributed by atoms with van der Waals surface area (Å²) < 4.78 is 42.8. The lowest BCUT2D eigenvalue weighted by Crippen LogP contribution is -2.05. The van der Waals surface area contributed by atoms with Gasteiger partial charge in [-0.2, -0.15) is 13.2 Å². The van der Waals surface area contributed by atoms with Crippen LogP contribution in [-0.2, 0) is 12.6 Å². The Labute approximate surface area is 114 Å². The van der Waals surface area contributed by atoms with Gasteiger partial charge in [0.05, 0.1) is 10.6 Å². The average Bonchev–Trinajstić information content (AvgIpc) is 2.69. The topological polar surface area (TPSA) is 26.0 Å². The van der Waals surface area contributed by atoms with Crippen LogP contribution in [0.4, 0.5) is 13.2 Å². The first-order valence-electron chi connectivity index (χ1n) is 5.99. The van der Waals surface area contributed by atoms with Crippen LogP contribution in [0.25, 0.3) is 11.1 Å². The van der Waals surface area contributed by atoms with E-state index < -0.39 is 11.7 Å². The van der Waals surface area contributed by atoms with Crippen LogP contribution in [0.1, 0.15) is 38.6 Å². The predicted molar refractivity (Wildman–Crippen MR) is 69.4 cm³/mol. The van der Waals surface area contributed by atoms with Crippen molar-refractivity contribution in [1.82, 2.24) is 4.98 Å². The van der Waals surface area contributed by atoms with E-state index in [9.17, 15) is 13.2 Å². The molecule has 2 aromatic rings. The fraction of sp³-hybridized carbons (Fsp3) is 0.462. The number of hydrogen-bond acceptors (Lipinski definition) is 2. The van der Waals surface area contributed by atoms with Crippen LogP contribution >= 0.6 is 11.6 Å². The zero-order chi connectivity index (χ0) is 14.6. The Balaban J connectivity index is 0.000000550. The summed E-state index contributed by atoms with van der Waals surface area (Å²) in [4.78, 5) is 3.92. The lowest BCUT2D eigenvalue weighted by Gasteiger charge is -2.07. The minimum absolute atomic E-state index is 0.175. The first kappa shape index (κ1) is 15.8. The number of nitrogens with zero attached hydrogens (tertiary/aromatic N) is 1. The van der Waals surface area contributed by atoms with Crippen LogP contribution in [-0.4, -0.2) is 4.98 Å². The summed E-state index contributed by atoms with van der Waals surface area (Å²) in [5, 5.41) is -0.376. The summed E-state index contributed by atoms with van der Waals surface area (Å²) in [7, 11) is 0. The summed E-state index contributed by atoms with van der Waals surface area (Å²) in [6.45, 7) is 6.05. The summed E-state index contributed by atoms with van der Waals surface area (Å²) in [6, 6.07) is 2.05. The standard InChI is InChI=1S/C10H7ClF3NO.C3H8/c1-2-9-15-7-3-5(10(12,13)14)6(11)4-8(7)16-9;1-3-2/h3-4H,2H2,1H3;3H2,1-2H3. The largest absolute Gasteiger partial charge is 0.441 e. The average molecular weight is 294 g/mol. The van der Waals surface area contributed by atoms with Crippen molar-refractivity contribution < 1.29 is 17.6 Å². The van der Waals surface area contributed by atoms with E-state index in [-0.39, 0.29) is 16.1 Å². The third-order valence-corrected chi connectivity index (χ3v) is 2.44. The van der Waals surface area contributed by atoms with Gasteiger partial charge in [-0.05, 0) is 6.07 Å². The highest BCUT2D eigenvalue weighted by atomic mass is 35.5. The van der Waals surface area contributed by atoms with E-state index in [1.165, 1.54) is 6.42 Å². The van der Waals surface area contributed by atoms with Crippen molar-refractivity contribution in [3.8, 4) is 0 Å². The molecular weight excluding hydrogens is 279 g/mol. The van der Waals surface area contributed by atoms with Crippen LogP contribution < -0.4 is 0 Å². The molecule has 0 N–H and O–H groups in total. The normalized spacial score (nSPS) is 11.3. The van der Waals surface area contributed by atoms with E-state index in [1.54, 1.807) is 6.92 Å². The number of aromatic nitrogens is 1. The first-order chi connectivity index (χ1) is 8.83. The Hall–Kier alpha value is -1.23. The second-order valence-corrected chi connectivity index (χ2v) is 4.37. The zero-order valence-electron chi connectivity index (χ0n) is 10.9. The van der Waals surface area contributed by atoms with Crippen molar-refractivity contribution in [2.75, 3.05) is 0 Å². The van der Waals surface area contributed by atoms with Gasteiger partial charge in [0.1, 0.15) is 5.52 Å². The molecule has 2 rings (SSSR count). The molecule has 2 nitrogen and oxygen atoms in total. The summed E-state index contributed by atoms with van der Waals surface area (Å²) in [5.41, 5.74) is -0.443. The molecule has 0 saturated heterocycles. The number of oxazole rings is 1. The van der Waals surface area contributed by atoms with Crippen molar-refractivity contribution in [2.24, 2.45) is 0 Å². The molecule has 6 heteroatoms. The number of benzene rings is 1. The molecular formula is C13H15ClF3NO. The van der Waals surface area contributed by atoms with Crippen molar-refractivity contribution >= 4 is 22.7 Å². The minimum Gasteiger partial charge on any atom is -0.441 e. The third-order valence-electron chi connectivity index (χ3n) is 2.13. The highest BCUT2D eigenvalue weighted by Crippen LogP contribution is 2.37.